The van der Waals surface area contributed by atoms with Gasteiger partial charge in [-0.1, -0.05) is 20.3 Å². The molecule has 2 unspecified atom stereocenters. The van der Waals surface area contributed by atoms with Crippen LogP contribution in [-0.4, -0.2) is 22.2 Å². The average Bonchev–Trinajstić information content (AvgIpc) is 2.36. The van der Waals surface area contributed by atoms with Gasteiger partial charge in [-0.3, -0.25) is 0 Å². The Morgan fingerprint density at radius 2 is 2.40 bits per heavy atom. The molecule has 1 fully saturated rings. The van der Waals surface area contributed by atoms with E-state index < -0.39 is 0 Å². The van der Waals surface area contributed by atoms with Crippen molar-refractivity contribution in [3.05, 3.63) is 0 Å². The molecule has 0 bridgehead atoms. The van der Waals surface area contributed by atoms with Gasteiger partial charge in [0.15, 0.2) is 0 Å². The van der Waals surface area contributed by atoms with Crippen LogP contribution in [0.15, 0.2) is 0 Å². The number of aliphatic hydroxyl groups is 1. The summed E-state index contributed by atoms with van der Waals surface area (Å²) in [6, 6.07) is 0. The Morgan fingerprint density at radius 1 is 1.70 bits per heavy atom. The van der Waals surface area contributed by atoms with Crippen LogP contribution in [0, 0.1) is 5.92 Å². The Kier molecular flexibility index (Phi) is 2.64. The first-order chi connectivity index (χ1) is 4.69. The molecule has 60 valence electrons. The summed E-state index contributed by atoms with van der Waals surface area (Å²) in [7, 11) is 0. The maximum Gasteiger partial charge on any atom is 0.0770 e. The molecule has 0 aromatic rings. The van der Waals surface area contributed by atoms with Crippen LogP contribution < -0.4 is 0 Å². The first-order valence-electron chi connectivity index (χ1n) is 3.99. The molecule has 1 saturated heterocycles. The van der Waals surface area contributed by atoms with Crippen molar-refractivity contribution in [2.45, 2.75) is 32.3 Å². The Labute approximate surface area is 67.2 Å². The molecule has 0 amide bonds. The molecule has 0 radical (unpaired) electrons. The topological polar surface area (TPSA) is 20.2 Å². The third-order valence-corrected chi connectivity index (χ3v) is 3.76. The molecule has 0 aromatic heterocycles. The third-order valence-electron chi connectivity index (χ3n) is 2.56. The fourth-order valence-electron chi connectivity index (χ4n) is 1.34. The molecular formula is C8H16OS. The van der Waals surface area contributed by atoms with Crippen LogP contribution >= 0.6 is 11.8 Å². The molecule has 2 atom stereocenters. The smallest absolute Gasteiger partial charge is 0.0770 e. The largest absolute Gasteiger partial charge is 0.389 e. The second-order valence-electron chi connectivity index (χ2n) is 3.22. The molecule has 0 saturated carbocycles. The van der Waals surface area contributed by atoms with Gasteiger partial charge < -0.3 is 5.11 Å². The van der Waals surface area contributed by atoms with Crippen LogP contribution in [0.1, 0.15) is 26.7 Å². The lowest BCUT2D eigenvalue weighted by Gasteiger charge is -2.27. The fraction of sp³-hybridized carbons (Fsp3) is 1.00. The van der Waals surface area contributed by atoms with Crippen molar-refractivity contribution in [1.82, 2.24) is 0 Å². The molecule has 0 aliphatic carbocycles. The summed E-state index contributed by atoms with van der Waals surface area (Å²) in [5, 5.41) is 9.94. The summed E-state index contributed by atoms with van der Waals surface area (Å²) in [5.74, 6) is 2.56. The summed E-state index contributed by atoms with van der Waals surface area (Å²) < 4.78 is 0. The van der Waals surface area contributed by atoms with Gasteiger partial charge in [0, 0.05) is 5.75 Å². The molecule has 2 heteroatoms. The Balaban J connectivity index is 2.49. The van der Waals surface area contributed by atoms with E-state index in [2.05, 4.69) is 13.8 Å². The Bertz CT molecular complexity index is 108. The zero-order valence-corrected chi connectivity index (χ0v) is 7.58. The predicted molar refractivity (Wildman–Crippen MR) is 46.3 cm³/mol. The number of thioether (sulfide) groups is 1. The van der Waals surface area contributed by atoms with Crippen molar-refractivity contribution in [2.75, 3.05) is 11.5 Å². The zero-order valence-electron chi connectivity index (χ0n) is 6.76. The number of hydrogen-bond donors (Lipinski definition) is 1. The van der Waals surface area contributed by atoms with Crippen molar-refractivity contribution in [1.29, 1.82) is 0 Å². The first-order valence-corrected chi connectivity index (χ1v) is 5.14. The average molecular weight is 160 g/mol. The molecule has 1 rings (SSSR count). The highest BCUT2D eigenvalue weighted by Gasteiger charge is 2.35. The summed E-state index contributed by atoms with van der Waals surface area (Å²) in [4.78, 5) is 0. The molecule has 1 nitrogen and oxygen atoms in total. The van der Waals surface area contributed by atoms with Gasteiger partial charge in [0.05, 0.1) is 5.60 Å². The first kappa shape index (κ1) is 8.41. The fourth-order valence-corrected chi connectivity index (χ4v) is 2.76. The lowest BCUT2D eigenvalue weighted by Crippen LogP contribution is -2.35. The minimum Gasteiger partial charge on any atom is -0.389 e. The van der Waals surface area contributed by atoms with Crippen LogP contribution in [0.3, 0.4) is 0 Å². The second-order valence-corrected chi connectivity index (χ2v) is 4.32. The normalized spacial score (nSPS) is 36.3. The second kappa shape index (κ2) is 3.14. The summed E-state index contributed by atoms with van der Waals surface area (Å²) in [6.45, 7) is 4.29. The number of rotatable bonds is 2. The van der Waals surface area contributed by atoms with E-state index in [9.17, 15) is 5.11 Å². The van der Waals surface area contributed by atoms with Crippen molar-refractivity contribution >= 4 is 11.8 Å². The van der Waals surface area contributed by atoms with Gasteiger partial charge in [0.25, 0.3) is 0 Å². The van der Waals surface area contributed by atoms with E-state index >= 15 is 0 Å². The van der Waals surface area contributed by atoms with Gasteiger partial charge >= 0.3 is 0 Å². The van der Waals surface area contributed by atoms with Crippen molar-refractivity contribution in [3.63, 3.8) is 0 Å². The van der Waals surface area contributed by atoms with E-state index in [-0.39, 0.29) is 5.60 Å². The van der Waals surface area contributed by atoms with Crippen molar-refractivity contribution < 1.29 is 5.11 Å². The van der Waals surface area contributed by atoms with E-state index in [0.29, 0.717) is 5.92 Å². The van der Waals surface area contributed by atoms with Gasteiger partial charge in [0.1, 0.15) is 0 Å². The standard InChI is InChI=1S/C8H16OS/c1-3-7(2)8(9)4-5-10-6-8/h7,9H,3-6H2,1-2H3. The van der Waals surface area contributed by atoms with Gasteiger partial charge in [-0.05, 0) is 18.1 Å². The van der Waals surface area contributed by atoms with Gasteiger partial charge in [-0.15, -0.1) is 0 Å². The predicted octanol–water partition coefficient (Wildman–Crippen LogP) is 1.90. The molecule has 0 aromatic carbocycles. The van der Waals surface area contributed by atoms with Gasteiger partial charge in [0.2, 0.25) is 0 Å². The Morgan fingerprint density at radius 3 is 2.80 bits per heavy atom. The SMILES string of the molecule is CCC(C)C1(O)CCSC1. The van der Waals surface area contributed by atoms with Crippen LogP contribution in [0.25, 0.3) is 0 Å². The number of hydrogen-bond acceptors (Lipinski definition) is 2. The maximum atomic E-state index is 9.94. The van der Waals surface area contributed by atoms with Crippen LogP contribution in [-0.2, 0) is 0 Å². The Hall–Kier alpha value is 0.310. The van der Waals surface area contributed by atoms with Crippen LogP contribution in [0.5, 0.6) is 0 Å². The van der Waals surface area contributed by atoms with Gasteiger partial charge in [-0.25, -0.2) is 0 Å². The van der Waals surface area contributed by atoms with E-state index in [1.165, 1.54) is 0 Å². The lowest BCUT2D eigenvalue weighted by molar-refractivity contribution is 0.0125. The maximum absolute atomic E-state index is 9.94. The van der Waals surface area contributed by atoms with E-state index in [0.717, 1.165) is 24.3 Å². The highest BCUT2D eigenvalue weighted by Crippen LogP contribution is 2.35. The summed E-state index contributed by atoms with van der Waals surface area (Å²) in [5.41, 5.74) is -0.334. The van der Waals surface area contributed by atoms with Gasteiger partial charge in [-0.2, -0.15) is 11.8 Å². The van der Waals surface area contributed by atoms with Crippen LogP contribution in [0.4, 0.5) is 0 Å². The molecule has 1 heterocycles. The van der Waals surface area contributed by atoms with E-state index in [1.54, 1.807) is 0 Å². The summed E-state index contributed by atoms with van der Waals surface area (Å²) >= 11 is 1.87. The molecule has 10 heavy (non-hydrogen) atoms. The monoisotopic (exact) mass is 160 g/mol. The van der Waals surface area contributed by atoms with E-state index in [1.807, 2.05) is 11.8 Å². The van der Waals surface area contributed by atoms with Crippen molar-refractivity contribution in [3.8, 4) is 0 Å². The molecule has 0 spiro atoms. The highest BCUT2D eigenvalue weighted by molar-refractivity contribution is 7.99. The zero-order chi connectivity index (χ0) is 7.61. The third kappa shape index (κ3) is 1.48. The highest BCUT2D eigenvalue weighted by atomic mass is 32.2. The van der Waals surface area contributed by atoms with E-state index in [4.69, 9.17) is 0 Å². The minimum atomic E-state index is -0.334. The molecule has 1 aliphatic heterocycles. The lowest BCUT2D eigenvalue weighted by atomic mass is 9.87. The van der Waals surface area contributed by atoms with Crippen molar-refractivity contribution in [2.24, 2.45) is 5.92 Å². The quantitative estimate of drug-likeness (QED) is 0.666. The summed E-state index contributed by atoms with van der Waals surface area (Å²) in [6.07, 6.45) is 2.09. The molecular weight excluding hydrogens is 144 g/mol. The molecule has 1 N–H and O–H groups in total. The molecule has 1 aliphatic rings. The van der Waals surface area contributed by atoms with Crippen LogP contribution in [0.2, 0.25) is 0 Å². The minimum absolute atomic E-state index is 0.334.